The summed E-state index contributed by atoms with van der Waals surface area (Å²) in [5.74, 6) is -0.537. The van der Waals surface area contributed by atoms with Gasteiger partial charge in [0.15, 0.2) is 6.10 Å². The maximum atomic E-state index is 12.8. The number of fused-ring (bicyclic) bond motifs is 1. The monoisotopic (exact) mass is 335 g/mol. The van der Waals surface area contributed by atoms with Crippen molar-refractivity contribution in [3.05, 3.63) is 71.4 Å². The van der Waals surface area contributed by atoms with E-state index in [1.54, 1.807) is 6.92 Å². The third kappa shape index (κ3) is 3.79. The number of H-pyrrole nitrogens is 1. The third-order valence-corrected chi connectivity index (χ3v) is 4.28. The van der Waals surface area contributed by atoms with Gasteiger partial charge in [0.05, 0.1) is 0 Å². The number of ether oxygens (including phenoxy) is 1. The fraction of sp³-hybridized carbons (Fsp3) is 0.238. The Morgan fingerprint density at radius 1 is 1.04 bits per heavy atom. The molecule has 3 rings (SSSR count). The first-order chi connectivity index (χ1) is 12.1. The molecule has 0 bridgehead atoms. The van der Waals surface area contributed by atoms with Crippen LogP contribution in [0.5, 0.6) is 0 Å². The van der Waals surface area contributed by atoms with E-state index in [2.05, 4.69) is 4.98 Å². The van der Waals surface area contributed by atoms with Crippen LogP contribution in [0, 0.1) is 6.92 Å². The maximum absolute atomic E-state index is 12.8. The van der Waals surface area contributed by atoms with Gasteiger partial charge in [0.25, 0.3) is 0 Å². The number of Topliss-reactive ketones (excluding diaryl/α,β-unsaturated/α-hetero) is 1. The van der Waals surface area contributed by atoms with Crippen molar-refractivity contribution in [2.75, 3.05) is 0 Å². The average Bonchev–Trinajstić information content (AvgIpc) is 2.96. The summed E-state index contributed by atoms with van der Waals surface area (Å²) in [6.07, 6.45) is 0.0578. The van der Waals surface area contributed by atoms with Gasteiger partial charge in [-0.15, -0.1) is 0 Å². The van der Waals surface area contributed by atoms with Crippen LogP contribution < -0.4 is 0 Å². The van der Waals surface area contributed by atoms with Crippen molar-refractivity contribution >= 4 is 22.7 Å². The summed E-state index contributed by atoms with van der Waals surface area (Å²) in [6.45, 7) is 3.49. The lowest BCUT2D eigenvalue weighted by molar-refractivity contribution is -0.146. The highest BCUT2D eigenvalue weighted by Gasteiger charge is 2.24. The van der Waals surface area contributed by atoms with Gasteiger partial charge in [-0.3, -0.25) is 9.59 Å². The number of rotatable bonds is 6. The molecule has 0 aliphatic heterocycles. The van der Waals surface area contributed by atoms with E-state index in [0.717, 1.165) is 22.2 Å². The quantitative estimate of drug-likeness (QED) is 0.542. The number of hydrogen-bond acceptors (Lipinski definition) is 3. The molecular weight excluding hydrogens is 314 g/mol. The van der Waals surface area contributed by atoms with Gasteiger partial charge >= 0.3 is 5.97 Å². The average molecular weight is 335 g/mol. The fourth-order valence-corrected chi connectivity index (χ4v) is 3.00. The fourth-order valence-electron chi connectivity index (χ4n) is 3.00. The molecule has 0 saturated carbocycles. The summed E-state index contributed by atoms with van der Waals surface area (Å²) in [5.41, 5.74) is 3.37. The Morgan fingerprint density at radius 2 is 1.72 bits per heavy atom. The van der Waals surface area contributed by atoms with Gasteiger partial charge in [-0.05, 0) is 31.9 Å². The van der Waals surface area contributed by atoms with Crippen molar-refractivity contribution < 1.29 is 14.3 Å². The Bertz CT molecular complexity index is 896. The minimum atomic E-state index is -0.804. The topological polar surface area (TPSA) is 59.2 Å². The van der Waals surface area contributed by atoms with Crippen molar-refractivity contribution in [3.63, 3.8) is 0 Å². The molecule has 0 amide bonds. The predicted octanol–water partition coefficient (Wildman–Crippen LogP) is 4.22. The number of carbonyl (C=O) groups is 2. The van der Waals surface area contributed by atoms with E-state index in [9.17, 15) is 9.59 Å². The molecule has 2 aromatic carbocycles. The van der Waals surface area contributed by atoms with E-state index < -0.39 is 6.10 Å². The number of ketones is 1. The molecule has 1 atom stereocenters. The molecule has 0 unspecified atom stereocenters. The SMILES string of the molecule is Cc1[nH]c2ccccc2c1C(=O)[C@@H](C)OC(=O)CCc1ccccc1. The second-order valence-electron chi connectivity index (χ2n) is 6.15. The number of aryl methyl sites for hydroxylation is 2. The molecule has 4 nitrogen and oxygen atoms in total. The molecule has 1 aromatic heterocycles. The first kappa shape index (κ1) is 17.0. The first-order valence-corrected chi connectivity index (χ1v) is 8.41. The number of carbonyl (C=O) groups excluding carboxylic acids is 2. The lowest BCUT2D eigenvalue weighted by atomic mass is 10.0. The highest BCUT2D eigenvalue weighted by Crippen LogP contribution is 2.24. The molecule has 0 fully saturated rings. The van der Waals surface area contributed by atoms with E-state index in [4.69, 9.17) is 4.74 Å². The van der Waals surface area contributed by atoms with Gasteiger partial charge in [-0.25, -0.2) is 0 Å². The number of hydrogen-bond donors (Lipinski definition) is 1. The van der Waals surface area contributed by atoms with Crippen LogP contribution in [0.2, 0.25) is 0 Å². The van der Waals surface area contributed by atoms with Gasteiger partial charge in [-0.2, -0.15) is 0 Å². The molecule has 25 heavy (non-hydrogen) atoms. The highest BCUT2D eigenvalue weighted by atomic mass is 16.5. The van der Waals surface area contributed by atoms with Crippen molar-refractivity contribution in [1.82, 2.24) is 4.98 Å². The molecule has 0 radical (unpaired) electrons. The van der Waals surface area contributed by atoms with Crippen LogP contribution in [0.25, 0.3) is 10.9 Å². The van der Waals surface area contributed by atoms with Gasteiger partial charge < -0.3 is 9.72 Å². The second-order valence-corrected chi connectivity index (χ2v) is 6.15. The van der Waals surface area contributed by atoms with Gasteiger partial charge in [0, 0.05) is 28.6 Å². The number of aromatic amines is 1. The number of aromatic nitrogens is 1. The first-order valence-electron chi connectivity index (χ1n) is 8.41. The molecule has 0 spiro atoms. The molecule has 4 heteroatoms. The predicted molar refractivity (Wildman–Crippen MR) is 97.7 cm³/mol. The Labute approximate surface area is 146 Å². The van der Waals surface area contributed by atoms with Crippen LogP contribution in [0.15, 0.2) is 54.6 Å². The molecular formula is C21H21NO3. The molecule has 0 aliphatic carbocycles. The maximum Gasteiger partial charge on any atom is 0.306 e. The van der Waals surface area contributed by atoms with E-state index >= 15 is 0 Å². The minimum absolute atomic E-state index is 0.178. The summed E-state index contributed by atoms with van der Waals surface area (Å²) in [4.78, 5) is 28.0. The molecule has 128 valence electrons. The molecule has 0 aliphatic rings. The van der Waals surface area contributed by atoms with Crippen LogP contribution in [0.1, 0.15) is 35.0 Å². The van der Waals surface area contributed by atoms with Crippen molar-refractivity contribution in [2.45, 2.75) is 32.8 Å². The lowest BCUT2D eigenvalue weighted by Gasteiger charge is -2.12. The third-order valence-electron chi connectivity index (χ3n) is 4.28. The van der Waals surface area contributed by atoms with Crippen LogP contribution >= 0.6 is 0 Å². The zero-order chi connectivity index (χ0) is 17.8. The minimum Gasteiger partial charge on any atom is -0.454 e. The van der Waals surface area contributed by atoms with E-state index in [0.29, 0.717) is 12.0 Å². The molecule has 3 aromatic rings. The second kappa shape index (κ2) is 7.34. The Hall–Kier alpha value is -2.88. The van der Waals surface area contributed by atoms with Crippen LogP contribution in [0.4, 0.5) is 0 Å². The number of benzene rings is 2. The number of esters is 1. The Balaban J connectivity index is 1.66. The van der Waals surface area contributed by atoms with Gasteiger partial charge in [-0.1, -0.05) is 48.5 Å². The zero-order valence-corrected chi connectivity index (χ0v) is 14.4. The van der Waals surface area contributed by atoms with Gasteiger partial charge in [0.1, 0.15) is 0 Å². The summed E-state index contributed by atoms with van der Waals surface area (Å²) >= 11 is 0. The van der Waals surface area contributed by atoms with Crippen LogP contribution in [-0.4, -0.2) is 22.8 Å². The van der Waals surface area contributed by atoms with Gasteiger partial charge in [0.2, 0.25) is 5.78 Å². The van der Waals surface area contributed by atoms with E-state index in [-0.39, 0.29) is 18.2 Å². The zero-order valence-electron chi connectivity index (χ0n) is 14.4. The lowest BCUT2D eigenvalue weighted by Crippen LogP contribution is -2.25. The highest BCUT2D eigenvalue weighted by molar-refractivity contribution is 6.11. The number of para-hydroxylation sites is 1. The van der Waals surface area contributed by atoms with Crippen molar-refractivity contribution in [2.24, 2.45) is 0 Å². The normalized spacial score (nSPS) is 12.1. The van der Waals surface area contributed by atoms with E-state index in [1.165, 1.54) is 0 Å². The summed E-state index contributed by atoms with van der Waals surface area (Å²) in [6, 6.07) is 17.4. The molecule has 1 N–H and O–H groups in total. The largest absolute Gasteiger partial charge is 0.454 e. The smallest absolute Gasteiger partial charge is 0.306 e. The van der Waals surface area contributed by atoms with Crippen molar-refractivity contribution in [3.8, 4) is 0 Å². The summed E-state index contributed by atoms with van der Waals surface area (Å²) in [7, 11) is 0. The summed E-state index contributed by atoms with van der Waals surface area (Å²) < 4.78 is 5.36. The van der Waals surface area contributed by atoms with E-state index in [1.807, 2.05) is 61.5 Å². The Morgan fingerprint density at radius 3 is 2.48 bits per heavy atom. The molecule has 1 heterocycles. The van der Waals surface area contributed by atoms with Crippen LogP contribution in [-0.2, 0) is 16.0 Å². The van der Waals surface area contributed by atoms with Crippen LogP contribution in [0.3, 0.4) is 0 Å². The molecule has 0 saturated heterocycles. The standard InChI is InChI=1S/C21H21NO3/c1-14-20(17-10-6-7-11-18(17)22-14)21(24)15(2)25-19(23)13-12-16-8-4-3-5-9-16/h3-11,15,22H,12-13H2,1-2H3/t15-/m1/s1. The Kier molecular flexibility index (Phi) is 4.98. The summed E-state index contributed by atoms with van der Waals surface area (Å²) in [5, 5.41) is 0.859. The number of nitrogens with one attached hydrogen (secondary N) is 1. The van der Waals surface area contributed by atoms with Crippen molar-refractivity contribution in [1.29, 1.82) is 0 Å².